The Morgan fingerprint density at radius 1 is 1.33 bits per heavy atom. The van der Waals surface area contributed by atoms with Crippen molar-refractivity contribution in [2.75, 3.05) is 11.9 Å². The maximum Gasteiger partial charge on any atom is 0.405 e. The molecule has 0 aliphatic carbocycles. The van der Waals surface area contributed by atoms with E-state index < -0.39 is 24.7 Å². The second kappa shape index (κ2) is 6.08. The summed E-state index contributed by atoms with van der Waals surface area (Å²) in [5, 5.41) is 4.62. The van der Waals surface area contributed by atoms with Gasteiger partial charge in [0.2, 0.25) is 5.91 Å². The standard InChI is InChI=1S/C11H12BrF3N2O/c1-7(10(18)16-6-11(13,14)15)17-9-4-2-8(12)3-5-9/h2-5,7,17H,6H2,1H3,(H,16,18). The number of nitrogens with one attached hydrogen (secondary N) is 2. The monoisotopic (exact) mass is 324 g/mol. The van der Waals surface area contributed by atoms with Crippen LogP contribution in [0.1, 0.15) is 6.92 Å². The van der Waals surface area contributed by atoms with Crippen molar-refractivity contribution in [2.45, 2.75) is 19.1 Å². The van der Waals surface area contributed by atoms with E-state index in [0.29, 0.717) is 5.69 Å². The van der Waals surface area contributed by atoms with Crippen LogP contribution in [0.25, 0.3) is 0 Å². The lowest BCUT2D eigenvalue weighted by atomic mass is 10.2. The van der Waals surface area contributed by atoms with Gasteiger partial charge in [0, 0.05) is 10.2 Å². The third-order valence-corrected chi connectivity index (χ3v) is 2.61. The molecule has 0 fully saturated rings. The van der Waals surface area contributed by atoms with Crippen LogP contribution in [0.5, 0.6) is 0 Å². The van der Waals surface area contributed by atoms with Crippen LogP contribution in [0.2, 0.25) is 0 Å². The van der Waals surface area contributed by atoms with Crippen LogP contribution in [-0.2, 0) is 4.79 Å². The molecule has 3 nitrogen and oxygen atoms in total. The van der Waals surface area contributed by atoms with Gasteiger partial charge in [-0.3, -0.25) is 4.79 Å². The highest BCUT2D eigenvalue weighted by Crippen LogP contribution is 2.15. The Labute approximate surface area is 111 Å². The molecule has 0 spiro atoms. The Balaban J connectivity index is 2.47. The first-order valence-corrected chi connectivity index (χ1v) is 5.94. The molecule has 2 N–H and O–H groups in total. The van der Waals surface area contributed by atoms with Crippen molar-refractivity contribution in [3.8, 4) is 0 Å². The van der Waals surface area contributed by atoms with Crippen LogP contribution in [0.15, 0.2) is 28.7 Å². The van der Waals surface area contributed by atoms with E-state index in [2.05, 4.69) is 21.2 Å². The number of anilines is 1. The van der Waals surface area contributed by atoms with Crippen molar-refractivity contribution in [1.82, 2.24) is 5.32 Å². The number of alkyl halides is 3. The number of carbonyl (C=O) groups is 1. The molecule has 0 aliphatic heterocycles. The van der Waals surface area contributed by atoms with Gasteiger partial charge in [-0.05, 0) is 31.2 Å². The van der Waals surface area contributed by atoms with Gasteiger partial charge in [-0.1, -0.05) is 15.9 Å². The minimum atomic E-state index is -4.40. The summed E-state index contributed by atoms with van der Waals surface area (Å²) >= 11 is 3.26. The van der Waals surface area contributed by atoms with Gasteiger partial charge in [0.1, 0.15) is 12.6 Å². The quantitative estimate of drug-likeness (QED) is 0.894. The van der Waals surface area contributed by atoms with Gasteiger partial charge in [-0.15, -0.1) is 0 Å². The van der Waals surface area contributed by atoms with E-state index in [0.717, 1.165) is 4.47 Å². The van der Waals surface area contributed by atoms with E-state index in [9.17, 15) is 18.0 Å². The summed E-state index contributed by atoms with van der Waals surface area (Å²) in [4.78, 5) is 11.4. The molecule has 1 aromatic carbocycles. The Morgan fingerprint density at radius 3 is 2.39 bits per heavy atom. The number of carbonyl (C=O) groups excluding carboxylic acids is 1. The fourth-order valence-electron chi connectivity index (χ4n) is 1.20. The first-order valence-electron chi connectivity index (χ1n) is 5.14. The average Bonchev–Trinajstić information content (AvgIpc) is 2.28. The third-order valence-electron chi connectivity index (χ3n) is 2.08. The number of halogens is 4. The summed E-state index contributed by atoms with van der Waals surface area (Å²) in [6.45, 7) is 0.173. The molecule has 0 aromatic heterocycles. The van der Waals surface area contributed by atoms with E-state index in [4.69, 9.17) is 0 Å². The predicted molar refractivity (Wildman–Crippen MR) is 66.3 cm³/mol. The predicted octanol–water partition coefficient (Wildman–Crippen LogP) is 2.93. The maximum atomic E-state index is 11.9. The molecule has 1 rings (SSSR count). The van der Waals surface area contributed by atoms with Crippen molar-refractivity contribution in [2.24, 2.45) is 0 Å². The minimum Gasteiger partial charge on any atom is -0.374 e. The summed E-state index contributed by atoms with van der Waals surface area (Å²) < 4.78 is 36.6. The van der Waals surface area contributed by atoms with E-state index in [1.165, 1.54) is 6.92 Å². The molecule has 1 atom stereocenters. The normalized spacial score (nSPS) is 12.9. The third kappa shape index (κ3) is 5.39. The Hall–Kier alpha value is -1.24. The van der Waals surface area contributed by atoms with Gasteiger partial charge in [0.25, 0.3) is 0 Å². The van der Waals surface area contributed by atoms with Crippen molar-refractivity contribution < 1.29 is 18.0 Å². The summed E-state index contributed by atoms with van der Waals surface area (Å²) in [6, 6.07) is 6.23. The number of rotatable bonds is 4. The lowest BCUT2D eigenvalue weighted by Gasteiger charge is -2.16. The molecule has 0 saturated carbocycles. The van der Waals surface area contributed by atoms with Crippen LogP contribution in [0.3, 0.4) is 0 Å². The fourth-order valence-corrected chi connectivity index (χ4v) is 1.47. The maximum absolute atomic E-state index is 11.9. The Kier molecular flexibility index (Phi) is 5.01. The first kappa shape index (κ1) is 14.8. The smallest absolute Gasteiger partial charge is 0.374 e. The lowest BCUT2D eigenvalue weighted by molar-refractivity contribution is -0.138. The van der Waals surface area contributed by atoms with E-state index in [1.54, 1.807) is 24.3 Å². The fraction of sp³-hybridized carbons (Fsp3) is 0.364. The second-order valence-electron chi connectivity index (χ2n) is 3.71. The summed E-state index contributed by atoms with van der Waals surface area (Å²) in [5.41, 5.74) is 0.660. The molecule has 1 amide bonds. The second-order valence-corrected chi connectivity index (χ2v) is 4.62. The van der Waals surface area contributed by atoms with E-state index >= 15 is 0 Å². The highest BCUT2D eigenvalue weighted by atomic mass is 79.9. The zero-order valence-electron chi connectivity index (χ0n) is 9.51. The largest absolute Gasteiger partial charge is 0.405 e. The zero-order chi connectivity index (χ0) is 13.8. The van der Waals surface area contributed by atoms with Crippen LogP contribution >= 0.6 is 15.9 Å². The van der Waals surface area contributed by atoms with Crippen LogP contribution in [0, 0.1) is 0 Å². The van der Waals surface area contributed by atoms with Gasteiger partial charge in [-0.2, -0.15) is 13.2 Å². The van der Waals surface area contributed by atoms with Gasteiger partial charge >= 0.3 is 6.18 Å². The molecule has 0 bridgehead atoms. The lowest BCUT2D eigenvalue weighted by Crippen LogP contribution is -2.42. The van der Waals surface area contributed by atoms with Crippen molar-refractivity contribution in [1.29, 1.82) is 0 Å². The topological polar surface area (TPSA) is 41.1 Å². The van der Waals surface area contributed by atoms with Crippen molar-refractivity contribution >= 4 is 27.5 Å². The Morgan fingerprint density at radius 2 is 1.89 bits per heavy atom. The molecule has 0 radical (unpaired) electrons. The van der Waals surface area contributed by atoms with Crippen molar-refractivity contribution in [3.63, 3.8) is 0 Å². The zero-order valence-corrected chi connectivity index (χ0v) is 11.1. The average molecular weight is 325 g/mol. The molecule has 18 heavy (non-hydrogen) atoms. The molecule has 7 heteroatoms. The molecule has 100 valence electrons. The molecule has 1 unspecified atom stereocenters. The molecule has 0 heterocycles. The van der Waals surface area contributed by atoms with Gasteiger partial charge < -0.3 is 10.6 Å². The number of hydrogen-bond acceptors (Lipinski definition) is 2. The molecular weight excluding hydrogens is 313 g/mol. The molecule has 0 aliphatic rings. The van der Waals surface area contributed by atoms with Gasteiger partial charge in [-0.25, -0.2) is 0 Å². The van der Waals surface area contributed by atoms with Crippen LogP contribution in [-0.4, -0.2) is 24.7 Å². The van der Waals surface area contributed by atoms with Gasteiger partial charge in [0.05, 0.1) is 0 Å². The number of hydrogen-bond donors (Lipinski definition) is 2. The SMILES string of the molecule is CC(Nc1ccc(Br)cc1)C(=O)NCC(F)(F)F. The van der Waals surface area contributed by atoms with Crippen molar-refractivity contribution in [3.05, 3.63) is 28.7 Å². The van der Waals surface area contributed by atoms with Crippen LogP contribution < -0.4 is 10.6 Å². The highest BCUT2D eigenvalue weighted by Gasteiger charge is 2.28. The van der Waals surface area contributed by atoms with E-state index in [1.807, 2.05) is 5.32 Å². The Bertz CT molecular complexity index is 406. The first-order chi connectivity index (χ1) is 8.28. The van der Waals surface area contributed by atoms with Crippen LogP contribution in [0.4, 0.5) is 18.9 Å². The minimum absolute atomic E-state index is 0.660. The van der Waals surface area contributed by atoms with Gasteiger partial charge in [0.15, 0.2) is 0 Å². The molecular formula is C11H12BrF3N2O. The molecule has 0 saturated heterocycles. The number of amides is 1. The summed E-state index contributed by atoms with van der Waals surface area (Å²) in [6.07, 6.45) is -4.40. The number of benzene rings is 1. The summed E-state index contributed by atoms with van der Waals surface area (Å²) in [7, 11) is 0. The molecule has 1 aromatic rings. The highest BCUT2D eigenvalue weighted by molar-refractivity contribution is 9.10. The van der Waals surface area contributed by atoms with E-state index in [-0.39, 0.29) is 0 Å². The summed E-state index contributed by atoms with van der Waals surface area (Å²) in [5.74, 6) is -0.699.